The molecule has 1 aliphatic heterocycles. The molecule has 2 aromatic rings. The van der Waals surface area contributed by atoms with Crippen molar-refractivity contribution in [1.29, 1.82) is 0 Å². The molecule has 1 aliphatic carbocycles. The lowest BCUT2D eigenvalue weighted by atomic mass is 10.0. The summed E-state index contributed by atoms with van der Waals surface area (Å²) in [6.45, 7) is 5.46. The second-order valence-corrected chi connectivity index (χ2v) is 9.14. The van der Waals surface area contributed by atoms with Gasteiger partial charge in [-0.2, -0.15) is 11.3 Å². The van der Waals surface area contributed by atoms with Gasteiger partial charge >= 0.3 is 0 Å². The maximum Gasteiger partial charge on any atom is 0.107 e. The van der Waals surface area contributed by atoms with Crippen molar-refractivity contribution in [2.75, 3.05) is 26.2 Å². The molecular weight excluding hydrogens is 350 g/mol. The summed E-state index contributed by atoms with van der Waals surface area (Å²) in [5, 5.41) is 15.2. The molecular formula is C19H27N3OS2. The zero-order valence-corrected chi connectivity index (χ0v) is 16.3. The molecule has 0 radical (unpaired) electrons. The first kappa shape index (κ1) is 17.6. The number of aliphatic hydroxyl groups excluding tert-OH is 1. The fraction of sp³-hybridized carbons (Fsp3) is 0.632. The number of aromatic nitrogens is 1. The molecule has 3 heterocycles. The molecule has 2 aliphatic rings. The van der Waals surface area contributed by atoms with Crippen LogP contribution in [0.15, 0.2) is 16.8 Å². The van der Waals surface area contributed by atoms with Gasteiger partial charge in [-0.05, 0) is 54.5 Å². The van der Waals surface area contributed by atoms with Crippen molar-refractivity contribution in [2.24, 2.45) is 0 Å². The van der Waals surface area contributed by atoms with Gasteiger partial charge in [0.2, 0.25) is 0 Å². The third-order valence-corrected chi connectivity index (χ3v) is 7.24. The summed E-state index contributed by atoms with van der Waals surface area (Å²) in [5.74, 6) is 0. The van der Waals surface area contributed by atoms with E-state index >= 15 is 0 Å². The number of fused-ring (bicyclic) bond motifs is 1. The normalized spacial score (nSPS) is 22.2. The molecule has 136 valence electrons. The van der Waals surface area contributed by atoms with E-state index < -0.39 is 0 Å². The van der Waals surface area contributed by atoms with E-state index in [9.17, 15) is 5.11 Å². The zero-order chi connectivity index (χ0) is 17.1. The quantitative estimate of drug-likeness (QED) is 0.839. The van der Waals surface area contributed by atoms with Crippen LogP contribution in [0.5, 0.6) is 0 Å². The van der Waals surface area contributed by atoms with E-state index in [0.29, 0.717) is 6.04 Å². The third kappa shape index (κ3) is 4.31. The zero-order valence-electron chi connectivity index (χ0n) is 14.7. The lowest BCUT2D eigenvalue weighted by molar-refractivity contribution is 0.0500. The van der Waals surface area contributed by atoms with Gasteiger partial charge in [-0.25, -0.2) is 4.98 Å². The molecule has 1 N–H and O–H groups in total. The van der Waals surface area contributed by atoms with E-state index in [0.717, 1.165) is 39.1 Å². The minimum absolute atomic E-state index is 0.268. The van der Waals surface area contributed by atoms with Crippen LogP contribution in [0.4, 0.5) is 0 Å². The number of piperazine rings is 1. The summed E-state index contributed by atoms with van der Waals surface area (Å²) in [4.78, 5) is 11.5. The Morgan fingerprint density at radius 2 is 2.12 bits per heavy atom. The van der Waals surface area contributed by atoms with Crippen molar-refractivity contribution in [3.05, 3.63) is 38.0 Å². The highest BCUT2D eigenvalue weighted by molar-refractivity contribution is 7.11. The van der Waals surface area contributed by atoms with Crippen LogP contribution in [0.1, 0.15) is 40.4 Å². The van der Waals surface area contributed by atoms with Crippen LogP contribution >= 0.6 is 22.7 Å². The van der Waals surface area contributed by atoms with Crippen molar-refractivity contribution in [3.8, 4) is 0 Å². The van der Waals surface area contributed by atoms with E-state index in [1.54, 1.807) is 11.3 Å². The molecule has 0 saturated carbocycles. The standard InChI is InChI=1S/C19H27N3OS2/c23-9-5-16-12-21(7-8-22(16)11-15-6-10-24-14-15)13-19-20-17-3-1-2-4-18(17)25-19/h6,10,14,16,23H,1-5,7-9,11-13H2/t16-/m1/s1. The third-order valence-electron chi connectivity index (χ3n) is 5.37. The Morgan fingerprint density at radius 1 is 1.20 bits per heavy atom. The molecule has 1 fully saturated rings. The van der Waals surface area contributed by atoms with Gasteiger partial charge in [0, 0.05) is 43.7 Å². The monoisotopic (exact) mass is 377 g/mol. The maximum atomic E-state index is 9.50. The number of aryl methyl sites for hydroxylation is 2. The lowest BCUT2D eigenvalue weighted by Crippen LogP contribution is -2.52. The summed E-state index contributed by atoms with van der Waals surface area (Å²) in [6, 6.07) is 2.65. The first-order valence-corrected chi connectivity index (χ1v) is 11.1. The molecule has 6 heteroatoms. The van der Waals surface area contributed by atoms with E-state index in [1.807, 2.05) is 11.3 Å². The van der Waals surface area contributed by atoms with Crippen LogP contribution in [0.2, 0.25) is 0 Å². The van der Waals surface area contributed by atoms with Crippen LogP contribution < -0.4 is 0 Å². The van der Waals surface area contributed by atoms with Gasteiger partial charge in [0.05, 0.1) is 12.2 Å². The highest BCUT2D eigenvalue weighted by Gasteiger charge is 2.27. The van der Waals surface area contributed by atoms with Crippen LogP contribution in [-0.4, -0.2) is 52.2 Å². The second-order valence-electron chi connectivity index (χ2n) is 7.19. The summed E-state index contributed by atoms with van der Waals surface area (Å²) in [7, 11) is 0. The fourth-order valence-corrected chi connectivity index (χ4v) is 5.87. The van der Waals surface area contributed by atoms with Crippen molar-refractivity contribution in [3.63, 3.8) is 0 Å². The number of aliphatic hydroxyl groups is 1. The molecule has 0 amide bonds. The second kappa shape index (κ2) is 8.27. The van der Waals surface area contributed by atoms with Crippen LogP contribution in [-0.2, 0) is 25.9 Å². The smallest absolute Gasteiger partial charge is 0.107 e. The van der Waals surface area contributed by atoms with Gasteiger partial charge in [0.25, 0.3) is 0 Å². The Labute approximate surface area is 158 Å². The van der Waals surface area contributed by atoms with E-state index in [-0.39, 0.29) is 6.61 Å². The summed E-state index contributed by atoms with van der Waals surface area (Å²) >= 11 is 3.70. The number of hydrogen-bond donors (Lipinski definition) is 1. The maximum absolute atomic E-state index is 9.50. The van der Waals surface area contributed by atoms with Gasteiger partial charge in [-0.15, -0.1) is 11.3 Å². The highest BCUT2D eigenvalue weighted by Crippen LogP contribution is 2.28. The molecule has 0 unspecified atom stereocenters. The molecule has 2 aromatic heterocycles. The molecule has 0 bridgehead atoms. The van der Waals surface area contributed by atoms with Gasteiger partial charge in [0.15, 0.2) is 0 Å². The van der Waals surface area contributed by atoms with Crippen molar-refractivity contribution >= 4 is 22.7 Å². The van der Waals surface area contributed by atoms with Gasteiger partial charge in [-0.1, -0.05) is 0 Å². The topological polar surface area (TPSA) is 39.6 Å². The van der Waals surface area contributed by atoms with Crippen LogP contribution in [0.3, 0.4) is 0 Å². The molecule has 4 nitrogen and oxygen atoms in total. The minimum Gasteiger partial charge on any atom is -0.396 e. The first-order valence-electron chi connectivity index (χ1n) is 9.37. The molecule has 25 heavy (non-hydrogen) atoms. The predicted octanol–water partition coefficient (Wildman–Crippen LogP) is 3.15. The molecule has 4 rings (SSSR count). The average molecular weight is 378 g/mol. The Hall–Kier alpha value is -0.790. The Balaban J connectivity index is 1.38. The van der Waals surface area contributed by atoms with Crippen molar-refractivity contribution in [2.45, 2.75) is 51.2 Å². The number of hydrogen-bond acceptors (Lipinski definition) is 6. The van der Waals surface area contributed by atoms with E-state index in [1.165, 1.54) is 46.8 Å². The summed E-state index contributed by atoms with van der Waals surface area (Å²) in [6.07, 6.45) is 5.89. The summed E-state index contributed by atoms with van der Waals surface area (Å²) < 4.78 is 0. The van der Waals surface area contributed by atoms with Gasteiger partial charge in [0.1, 0.15) is 5.01 Å². The predicted molar refractivity (Wildman–Crippen MR) is 104 cm³/mol. The number of rotatable bonds is 6. The minimum atomic E-state index is 0.268. The Kier molecular flexibility index (Phi) is 5.83. The Bertz CT molecular complexity index is 647. The van der Waals surface area contributed by atoms with Crippen molar-refractivity contribution in [1.82, 2.24) is 14.8 Å². The number of nitrogens with zero attached hydrogens (tertiary/aromatic N) is 3. The lowest BCUT2D eigenvalue weighted by Gasteiger charge is -2.41. The average Bonchev–Trinajstić information content (AvgIpc) is 3.26. The van der Waals surface area contributed by atoms with Crippen LogP contribution in [0.25, 0.3) is 0 Å². The molecule has 0 aromatic carbocycles. The number of thiophene rings is 1. The molecule has 1 atom stereocenters. The van der Waals surface area contributed by atoms with Crippen LogP contribution in [0, 0.1) is 0 Å². The van der Waals surface area contributed by atoms with Gasteiger partial charge < -0.3 is 5.11 Å². The number of thiazole rings is 1. The first-order chi connectivity index (χ1) is 12.3. The molecule has 0 spiro atoms. The van der Waals surface area contributed by atoms with E-state index in [2.05, 4.69) is 26.6 Å². The SMILES string of the molecule is OCC[C@@H]1CN(Cc2nc3c(s2)CCCC3)CCN1Cc1ccsc1. The fourth-order valence-electron chi connectivity index (χ4n) is 4.01. The van der Waals surface area contributed by atoms with Crippen molar-refractivity contribution < 1.29 is 5.11 Å². The summed E-state index contributed by atoms with van der Waals surface area (Å²) in [5.41, 5.74) is 2.77. The highest BCUT2D eigenvalue weighted by atomic mass is 32.1. The van der Waals surface area contributed by atoms with E-state index in [4.69, 9.17) is 4.98 Å². The Morgan fingerprint density at radius 3 is 2.92 bits per heavy atom. The molecule has 1 saturated heterocycles. The van der Waals surface area contributed by atoms with Gasteiger partial charge in [-0.3, -0.25) is 9.80 Å². The largest absolute Gasteiger partial charge is 0.396 e.